The van der Waals surface area contributed by atoms with Crippen molar-refractivity contribution in [2.75, 3.05) is 0 Å². The Labute approximate surface area is 129 Å². The van der Waals surface area contributed by atoms with Crippen LogP contribution >= 0.6 is 0 Å². The zero-order chi connectivity index (χ0) is 15.5. The monoisotopic (exact) mass is 280 g/mol. The summed E-state index contributed by atoms with van der Waals surface area (Å²) in [6.45, 7) is 19.6. The number of rotatable bonds is 8. The molecule has 20 heavy (non-hydrogen) atoms. The highest BCUT2D eigenvalue weighted by molar-refractivity contribution is 5.04. The van der Waals surface area contributed by atoms with Gasteiger partial charge in [0.05, 0.1) is 0 Å². The van der Waals surface area contributed by atoms with Gasteiger partial charge in [0.2, 0.25) is 0 Å². The zero-order valence-corrected chi connectivity index (χ0v) is 15.5. The van der Waals surface area contributed by atoms with Crippen LogP contribution in [0.4, 0.5) is 0 Å². The summed E-state index contributed by atoms with van der Waals surface area (Å²) in [4.78, 5) is 0. The molecule has 6 atom stereocenters. The summed E-state index contributed by atoms with van der Waals surface area (Å²) in [5, 5.41) is 0. The van der Waals surface area contributed by atoms with Gasteiger partial charge in [0.25, 0.3) is 0 Å². The van der Waals surface area contributed by atoms with Gasteiger partial charge < -0.3 is 0 Å². The van der Waals surface area contributed by atoms with Crippen LogP contribution in [-0.4, -0.2) is 0 Å². The van der Waals surface area contributed by atoms with Crippen molar-refractivity contribution in [3.8, 4) is 0 Å². The van der Waals surface area contributed by atoms with Crippen LogP contribution in [0.5, 0.6) is 0 Å². The Bertz CT molecular complexity index is 280. The molecule has 0 bridgehead atoms. The molecule has 0 amide bonds. The van der Waals surface area contributed by atoms with Gasteiger partial charge in [0, 0.05) is 0 Å². The fourth-order valence-corrected chi connectivity index (χ4v) is 5.81. The van der Waals surface area contributed by atoms with Gasteiger partial charge in [-0.1, -0.05) is 74.7 Å². The lowest BCUT2D eigenvalue weighted by Crippen LogP contribution is -2.54. The van der Waals surface area contributed by atoms with Crippen molar-refractivity contribution in [3.05, 3.63) is 0 Å². The summed E-state index contributed by atoms with van der Waals surface area (Å²) < 4.78 is 0. The predicted molar refractivity (Wildman–Crippen MR) is 91.9 cm³/mol. The summed E-state index contributed by atoms with van der Waals surface area (Å²) in [7, 11) is 0. The van der Waals surface area contributed by atoms with E-state index in [9.17, 15) is 0 Å². The number of hydrogen-bond donors (Lipinski definition) is 0. The Morgan fingerprint density at radius 3 is 2.00 bits per heavy atom. The van der Waals surface area contributed by atoms with E-state index in [1.165, 1.54) is 32.1 Å². The predicted octanol–water partition coefficient (Wildman–Crippen LogP) is 6.79. The Morgan fingerprint density at radius 1 is 1.00 bits per heavy atom. The minimum atomic E-state index is 0.610. The molecule has 1 rings (SSSR count). The summed E-state index contributed by atoms with van der Waals surface area (Å²) in [6, 6.07) is 0. The Hall–Kier alpha value is 0. The molecule has 6 unspecified atom stereocenters. The van der Waals surface area contributed by atoms with E-state index in [1.54, 1.807) is 0 Å². The SMILES string of the molecule is CCC(C)C(CC)C1(C)CC(CC)C1C(C)CC(C)C. The third-order valence-corrected chi connectivity index (χ3v) is 6.57. The molecule has 0 aromatic carbocycles. The lowest BCUT2D eigenvalue weighted by molar-refractivity contribution is -0.125. The van der Waals surface area contributed by atoms with Crippen LogP contribution in [0.1, 0.15) is 87.5 Å². The molecule has 0 nitrogen and oxygen atoms in total. The van der Waals surface area contributed by atoms with Crippen molar-refractivity contribution in [3.63, 3.8) is 0 Å². The molecule has 1 aliphatic rings. The van der Waals surface area contributed by atoms with Crippen LogP contribution in [0, 0.1) is 40.9 Å². The fourth-order valence-electron chi connectivity index (χ4n) is 5.81. The molecule has 0 aromatic rings. The average Bonchev–Trinajstić information content (AvgIpc) is 2.35. The second-order valence-electron chi connectivity index (χ2n) is 8.41. The lowest BCUT2D eigenvalue weighted by atomic mass is 9.44. The summed E-state index contributed by atoms with van der Waals surface area (Å²) in [5.74, 6) is 5.51. The maximum atomic E-state index is 2.63. The highest BCUT2D eigenvalue weighted by Crippen LogP contribution is 2.62. The molecule has 0 aromatic heterocycles. The fraction of sp³-hybridized carbons (Fsp3) is 1.00. The first-order chi connectivity index (χ1) is 9.31. The van der Waals surface area contributed by atoms with Gasteiger partial charge in [0.1, 0.15) is 0 Å². The maximum absolute atomic E-state index is 2.63. The quantitative estimate of drug-likeness (QED) is 0.459. The first kappa shape index (κ1) is 18.1. The Balaban J connectivity index is 2.90. The first-order valence-electron chi connectivity index (χ1n) is 9.31. The van der Waals surface area contributed by atoms with Crippen molar-refractivity contribution in [1.29, 1.82) is 0 Å². The van der Waals surface area contributed by atoms with E-state index in [4.69, 9.17) is 0 Å². The van der Waals surface area contributed by atoms with E-state index in [0.717, 1.165) is 35.5 Å². The largest absolute Gasteiger partial charge is 0.0651 e. The van der Waals surface area contributed by atoms with E-state index < -0.39 is 0 Å². The van der Waals surface area contributed by atoms with Gasteiger partial charge >= 0.3 is 0 Å². The van der Waals surface area contributed by atoms with E-state index in [2.05, 4.69) is 55.4 Å². The number of hydrogen-bond acceptors (Lipinski definition) is 0. The van der Waals surface area contributed by atoms with Crippen molar-refractivity contribution in [1.82, 2.24) is 0 Å². The highest BCUT2D eigenvalue weighted by Gasteiger charge is 2.55. The Morgan fingerprint density at radius 2 is 1.60 bits per heavy atom. The smallest absolute Gasteiger partial charge is 0.0259 e. The normalized spacial score (nSPS) is 34.6. The summed E-state index contributed by atoms with van der Waals surface area (Å²) in [5.41, 5.74) is 0.610. The average molecular weight is 281 g/mol. The van der Waals surface area contributed by atoms with Gasteiger partial charge in [-0.25, -0.2) is 0 Å². The van der Waals surface area contributed by atoms with Gasteiger partial charge in [-0.05, 0) is 53.8 Å². The summed E-state index contributed by atoms with van der Waals surface area (Å²) >= 11 is 0. The molecular weight excluding hydrogens is 240 g/mol. The van der Waals surface area contributed by atoms with E-state index in [0.29, 0.717) is 5.41 Å². The molecule has 0 aliphatic heterocycles. The standard InChI is InChI=1S/C20H40/c1-9-15(6)18(11-3)20(8)13-17(10-2)19(20)16(7)12-14(4)5/h14-19H,9-13H2,1-8H3. The molecule has 1 saturated carbocycles. The molecule has 0 heterocycles. The van der Waals surface area contributed by atoms with Gasteiger partial charge in [-0.15, -0.1) is 0 Å². The first-order valence-corrected chi connectivity index (χ1v) is 9.31. The van der Waals surface area contributed by atoms with E-state index >= 15 is 0 Å². The van der Waals surface area contributed by atoms with Crippen LogP contribution in [-0.2, 0) is 0 Å². The molecule has 0 heteroatoms. The van der Waals surface area contributed by atoms with Crippen LogP contribution in [0.15, 0.2) is 0 Å². The van der Waals surface area contributed by atoms with Crippen LogP contribution in [0.3, 0.4) is 0 Å². The topological polar surface area (TPSA) is 0 Å². The molecule has 1 aliphatic carbocycles. The maximum Gasteiger partial charge on any atom is -0.0259 e. The summed E-state index contributed by atoms with van der Waals surface area (Å²) in [6.07, 6.45) is 7.00. The Kier molecular flexibility index (Phi) is 6.61. The van der Waals surface area contributed by atoms with Gasteiger partial charge in [0.15, 0.2) is 0 Å². The van der Waals surface area contributed by atoms with Crippen molar-refractivity contribution in [2.45, 2.75) is 87.5 Å². The van der Waals surface area contributed by atoms with E-state index in [1.807, 2.05) is 0 Å². The zero-order valence-electron chi connectivity index (χ0n) is 15.5. The molecule has 0 radical (unpaired) electrons. The minimum Gasteiger partial charge on any atom is -0.0651 e. The van der Waals surface area contributed by atoms with Crippen LogP contribution in [0.25, 0.3) is 0 Å². The van der Waals surface area contributed by atoms with Gasteiger partial charge in [-0.2, -0.15) is 0 Å². The molecule has 0 spiro atoms. The van der Waals surface area contributed by atoms with Crippen molar-refractivity contribution >= 4 is 0 Å². The minimum absolute atomic E-state index is 0.610. The molecule has 0 N–H and O–H groups in total. The van der Waals surface area contributed by atoms with Crippen molar-refractivity contribution < 1.29 is 0 Å². The lowest BCUT2D eigenvalue weighted by Gasteiger charge is -2.61. The van der Waals surface area contributed by atoms with Crippen LogP contribution < -0.4 is 0 Å². The second kappa shape index (κ2) is 7.32. The van der Waals surface area contributed by atoms with Crippen molar-refractivity contribution in [2.24, 2.45) is 40.9 Å². The van der Waals surface area contributed by atoms with Gasteiger partial charge in [-0.3, -0.25) is 0 Å². The molecule has 1 fully saturated rings. The molecular formula is C20H40. The van der Waals surface area contributed by atoms with Crippen LogP contribution in [0.2, 0.25) is 0 Å². The highest BCUT2D eigenvalue weighted by atomic mass is 14.6. The third kappa shape index (κ3) is 3.42. The molecule has 0 saturated heterocycles. The third-order valence-electron chi connectivity index (χ3n) is 6.57. The molecule has 120 valence electrons. The second-order valence-corrected chi connectivity index (χ2v) is 8.41. The van der Waals surface area contributed by atoms with E-state index in [-0.39, 0.29) is 0 Å².